The monoisotopic (exact) mass is 325 g/mol. The first-order chi connectivity index (χ1) is 9.22. The minimum absolute atomic E-state index is 0.162. The summed E-state index contributed by atoms with van der Waals surface area (Å²) in [6.07, 6.45) is 4.18. The molecule has 3 nitrogen and oxygen atoms in total. The zero-order valence-electron chi connectivity index (χ0n) is 11.0. The molecular formula is C15H20BrNO2. The molecule has 0 heterocycles. The zero-order chi connectivity index (χ0) is 13.7. The summed E-state index contributed by atoms with van der Waals surface area (Å²) in [5.41, 5.74) is 0.750. The van der Waals surface area contributed by atoms with Crippen LogP contribution in [0, 0.1) is 0 Å². The fraction of sp³-hybridized carbons (Fsp3) is 0.533. The van der Waals surface area contributed by atoms with Crippen molar-refractivity contribution in [3.05, 3.63) is 34.3 Å². The van der Waals surface area contributed by atoms with Crippen molar-refractivity contribution in [2.24, 2.45) is 0 Å². The van der Waals surface area contributed by atoms with Gasteiger partial charge >= 0.3 is 0 Å². The summed E-state index contributed by atoms with van der Waals surface area (Å²) in [7, 11) is 0. The van der Waals surface area contributed by atoms with Crippen molar-refractivity contribution in [2.45, 2.75) is 31.7 Å². The highest BCUT2D eigenvalue weighted by Crippen LogP contribution is 2.25. The number of carbonyl (C=O) groups excluding carboxylic acids is 1. The summed E-state index contributed by atoms with van der Waals surface area (Å²) in [6, 6.07) is 8.11. The topological polar surface area (TPSA) is 40.5 Å². The molecule has 0 radical (unpaired) electrons. The fourth-order valence-electron chi connectivity index (χ4n) is 2.42. The third kappa shape index (κ3) is 3.88. The highest BCUT2D eigenvalue weighted by molar-refractivity contribution is 9.10. The maximum atomic E-state index is 12.2. The van der Waals surface area contributed by atoms with E-state index >= 15 is 0 Å². The molecule has 4 heteroatoms. The number of rotatable bonds is 7. The lowest BCUT2D eigenvalue weighted by molar-refractivity contribution is 0.0840. The van der Waals surface area contributed by atoms with Crippen LogP contribution in [-0.4, -0.2) is 41.5 Å². The molecule has 1 fully saturated rings. The number of hydrogen-bond donors (Lipinski definition) is 1. The fourth-order valence-corrected chi connectivity index (χ4v) is 2.93. The van der Waals surface area contributed by atoms with Gasteiger partial charge in [-0.1, -0.05) is 40.5 Å². The first-order valence-corrected chi connectivity index (χ1v) is 7.64. The molecule has 0 saturated heterocycles. The Morgan fingerprint density at radius 2 is 2.05 bits per heavy atom. The molecule has 1 aliphatic rings. The predicted octanol–water partition coefficient (Wildman–Crippen LogP) is 2.87. The number of ketones is 1. The quantitative estimate of drug-likeness (QED) is 0.784. The molecule has 1 aromatic rings. The second-order valence-corrected chi connectivity index (χ2v) is 5.85. The Kier molecular flexibility index (Phi) is 5.55. The van der Waals surface area contributed by atoms with Gasteiger partial charge in [0.25, 0.3) is 0 Å². The van der Waals surface area contributed by atoms with Crippen LogP contribution in [0.4, 0.5) is 0 Å². The molecule has 0 bridgehead atoms. The zero-order valence-corrected chi connectivity index (χ0v) is 12.6. The maximum Gasteiger partial charge on any atom is 0.165 e. The Balaban J connectivity index is 1.89. The van der Waals surface area contributed by atoms with E-state index in [1.165, 1.54) is 19.3 Å². The molecule has 0 amide bonds. The van der Waals surface area contributed by atoms with Crippen LogP contribution in [0.2, 0.25) is 0 Å². The second kappa shape index (κ2) is 7.17. The number of aliphatic hydroxyl groups excluding tert-OH is 1. The van der Waals surface area contributed by atoms with Crippen LogP contribution in [0.25, 0.3) is 0 Å². The normalized spacial score (nSPS) is 15.5. The van der Waals surface area contributed by atoms with Crippen molar-refractivity contribution >= 4 is 21.7 Å². The molecule has 19 heavy (non-hydrogen) atoms. The Bertz CT molecular complexity index is 432. The van der Waals surface area contributed by atoms with E-state index in [1.54, 1.807) is 0 Å². The molecule has 0 atom stereocenters. The van der Waals surface area contributed by atoms with E-state index in [1.807, 2.05) is 24.3 Å². The lowest BCUT2D eigenvalue weighted by atomic mass is 9.91. The van der Waals surface area contributed by atoms with Crippen LogP contribution in [0.15, 0.2) is 28.7 Å². The van der Waals surface area contributed by atoms with Crippen molar-refractivity contribution < 1.29 is 9.90 Å². The molecular weight excluding hydrogens is 306 g/mol. The van der Waals surface area contributed by atoms with Crippen LogP contribution >= 0.6 is 15.9 Å². The number of hydrogen-bond acceptors (Lipinski definition) is 3. The van der Waals surface area contributed by atoms with Gasteiger partial charge in [0.1, 0.15) is 0 Å². The van der Waals surface area contributed by atoms with Gasteiger partial charge in [-0.3, -0.25) is 9.69 Å². The molecule has 2 rings (SSSR count). The second-order valence-electron chi connectivity index (χ2n) is 5.00. The number of aliphatic hydroxyl groups is 1. The van der Waals surface area contributed by atoms with E-state index in [0.717, 1.165) is 16.6 Å². The summed E-state index contributed by atoms with van der Waals surface area (Å²) < 4.78 is 0.859. The van der Waals surface area contributed by atoms with Gasteiger partial charge in [0.15, 0.2) is 5.78 Å². The molecule has 1 saturated carbocycles. The Morgan fingerprint density at radius 1 is 1.32 bits per heavy atom. The standard InChI is InChI=1S/C15H20BrNO2/c16-14-7-2-1-6-13(14)15(19)8-9-17(10-11-18)12-4-3-5-12/h1-2,6-7,12,18H,3-5,8-11H2. The number of benzene rings is 1. The van der Waals surface area contributed by atoms with Gasteiger partial charge in [0, 0.05) is 35.6 Å². The molecule has 0 spiro atoms. The molecule has 1 aromatic carbocycles. The highest BCUT2D eigenvalue weighted by atomic mass is 79.9. The number of nitrogens with zero attached hydrogens (tertiary/aromatic N) is 1. The van der Waals surface area contributed by atoms with E-state index < -0.39 is 0 Å². The Hall–Kier alpha value is -0.710. The maximum absolute atomic E-state index is 12.2. The summed E-state index contributed by atoms with van der Waals surface area (Å²) >= 11 is 3.41. The summed E-state index contributed by atoms with van der Waals surface area (Å²) in [4.78, 5) is 14.4. The highest BCUT2D eigenvalue weighted by Gasteiger charge is 2.24. The smallest absolute Gasteiger partial charge is 0.165 e. The number of halogens is 1. The minimum atomic E-state index is 0.162. The molecule has 0 aromatic heterocycles. The van der Waals surface area contributed by atoms with Gasteiger partial charge < -0.3 is 5.11 Å². The first-order valence-electron chi connectivity index (χ1n) is 6.85. The Morgan fingerprint density at radius 3 is 2.63 bits per heavy atom. The molecule has 0 aliphatic heterocycles. The van der Waals surface area contributed by atoms with Gasteiger partial charge in [-0.25, -0.2) is 0 Å². The van der Waals surface area contributed by atoms with Crippen molar-refractivity contribution in [2.75, 3.05) is 19.7 Å². The number of Topliss-reactive ketones (excluding diaryl/α,β-unsaturated/α-hetero) is 1. The summed E-state index contributed by atoms with van der Waals surface area (Å²) in [5.74, 6) is 0.162. The van der Waals surface area contributed by atoms with E-state index in [4.69, 9.17) is 5.11 Å². The van der Waals surface area contributed by atoms with Crippen LogP contribution in [0.3, 0.4) is 0 Å². The molecule has 1 aliphatic carbocycles. The molecule has 0 unspecified atom stereocenters. The van der Waals surface area contributed by atoms with E-state index in [0.29, 0.717) is 19.0 Å². The first kappa shape index (κ1) is 14.7. The van der Waals surface area contributed by atoms with Gasteiger partial charge in [0.2, 0.25) is 0 Å². The molecule has 104 valence electrons. The van der Waals surface area contributed by atoms with Gasteiger partial charge in [-0.15, -0.1) is 0 Å². The minimum Gasteiger partial charge on any atom is -0.395 e. The van der Waals surface area contributed by atoms with E-state index in [2.05, 4.69) is 20.8 Å². The summed E-state index contributed by atoms with van der Waals surface area (Å²) in [5, 5.41) is 9.10. The van der Waals surface area contributed by atoms with Crippen LogP contribution in [0.5, 0.6) is 0 Å². The molecule has 1 N–H and O–H groups in total. The van der Waals surface area contributed by atoms with Crippen molar-refractivity contribution in [3.8, 4) is 0 Å². The Labute approximate surface area is 122 Å². The predicted molar refractivity (Wildman–Crippen MR) is 79.4 cm³/mol. The van der Waals surface area contributed by atoms with Crippen molar-refractivity contribution in [3.63, 3.8) is 0 Å². The third-order valence-corrected chi connectivity index (χ3v) is 4.47. The average Bonchev–Trinajstić information content (AvgIpc) is 2.34. The third-order valence-electron chi connectivity index (χ3n) is 3.78. The SMILES string of the molecule is O=C(CCN(CCO)C1CCC1)c1ccccc1Br. The van der Waals surface area contributed by atoms with Gasteiger partial charge in [-0.2, -0.15) is 0 Å². The van der Waals surface area contributed by atoms with Gasteiger partial charge in [-0.05, 0) is 18.9 Å². The lowest BCUT2D eigenvalue weighted by Crippen LogP contribution is -2.42. The van der Waals surface area contributed by atoms with E-state index in [9.17, 15) is 4.79 Å². The largest absolute Gasteiger partial charge is 0.395 e. The van der Waals surface area contributed by atoms with Crippen molar-refractivity contribution in [1.29, 1.82) is 0 Å². The lowest BCUT2D eigenvalue weighted by Gasteiger charge is -2.37. The van der Waals surface area contributed by atoms with Gasteiger partial charge in [0.05, 0.1) is 6.61 Å². The summed E-state index contributed by atoms with van der Waals surface area (Å²) in [6.45, 7) is 1.58. The van der Waals surface area contributed by atoms with Crippen LogP contribution in [0.1, 0.15) is 36.0 Å². The number of carbonyl (C=O) groups is 1. The van der Waals surface area contributed by atoms with E-state index in [-0.39, 0.29) is 12.4 Å². The average molecular weight is 326 g/mol. The van der Waals surface area contributed by atoms with Crippen LogP contribution in [-0.2, 0) is 0 Å². The van der Waals surface area contributed by atoms with Crippen LogP contribution < -0.4 is 0 Å². The van der Waals surface area contributed by atoms with Crippen molar-refractivity contribution in [1.82, 2.24) is 4.90 Å².